The Bertz CT molecular complexity index is 716. The van der Waals surface area contributed by atoms with E-state index in [2.05, 4.69) is 25.6 Å². The van der Waals surface area contributed by atoms with E-state index in [1.54, 1.807) is 30.5 Å². The van der Waals surface area contributed by atoms with E-state index in [-0.39, 0.29) is 10.9 Å². The van der Waals surface area contributed by atoms with Crippen LogP contribution < -0.4 is 4.72 Å². The summed E-state index contributed by atoms with van der Waals surface area (Å²) in [5.41, 5.74) is 1.69. The van der Waals surface area contributed by atoms with Gasteiger partial charge in [-0.05, 0) is 44.0 Å². The molecule has 0 aliphatic heterocycles. The molecule has 0 radical (unpaired) electrons. The lowest BCUT2D eigenvalue weighted by molar-refractivity contribution is 0.558. The van der Waals surface area contributed by atoms with Gasteiger partial charge in [0.2, 0.25) is 10.0 Å². The molecule has 108 valence electrons. The Kier molecular flexibility index (Phi) is 4.78. The van der Waals surface area contributed by atoms with Gasteiger partial charge in [0.25, 0.3) is 0 Å². The number of nitrogens with zero attached hydrogens (tertiary/aromatic N) is 1. The molecule has 6 heteroatoms. The number of benzene rings is 1. The topological polar surface area (TPSA) is 59.1 Å². The normalized spacial score (nSPS) is 13.6. The number of hydrogen-bond donors (Lipinski definition) is 1. The van der Waals surface area contributed by atoms with Crippen molar-refractivity contribution >= 4 is 36.9 Å². The Hall–Kier alpha value is -0.980. The summed E-state index contributed by atoms with van der Waals surface area (Å²) in [6.07, 6.45) is 2.41. The van der Waals surface area contributed by atoms with E-state index in [4.69, 9.17) is 0 Å². The first kappa shape index (κ1) is 15.4. The van der Waals surface area contributed by atoms with Gasteiger partial charge in [-0.3, -0.25) is 4.98 Å². The maximum absolute atomic E-state index is 12.5. The van der Waals surface area contributed by atoms with Crippen molar-refractivity contribution in [3.8, 4) is 0 Å². The lowest BCUT2D eigenvalue weighted by Gasteiger charge is -2.14. The van der Waals surface area contributed by atoms with Crippen LogP contribution in [0.15, 0.2) is 35.4 Å². The monoisotopic (exact) mass is 356 g/mol. The number of pyridine rings is 1. The molecule has 0 saturated carbocycles. The largest absolute Gasteiger partial charge is 0.256 e. The van der Waals surface area contributed by atoms with E-state index < -0.39 is 10.0 Å². The van der Waals surface area contributed by atoms with E-state index in [0.717, 1.165) is 22.8 Å². The Labute approximate surface area is 127 Å². The quantitative estimate of drug-likeness (QED) is 0.837. The van der Waals surface area contributed by atoms with E-state index in [0.29, 0.717) is 5.39 Å². The molecule has 0 amide bonds. The highest BCUT2D eigenvalue weighted by molar-refractivity contribution is 9.09. The Morgan fingerprint density at radius 3 is 2.80 bits per heavy atom. The van der Waals surface area contributed by atoms with Crippen molar-refractivity contribution in [2.45, 2.75) is 31.2 Å². The second-order valence-electron chi connectivity index (χ2n) is 4.78. The van der Waals surface area contributed by atoms with Crippen LogP contribution in [0.5, 0.6) is 0 Å². The Balaban J connectivity index is 2.50. The molecule has 0 bridgehead atoms. The van der Waals surface area contributed by atoms with Crippen molar-refractivity contribution in [3.63, 3.8) is 0 Å². The summed E-state index contributed by atoms with van der Waals surface area (Å²) < 4.78 is 27.7. The lowest BCUT2D eigenvalue weighted by atomic mass is 10.1. The third-order valence-electron chi connectivity index (χ3n) is 3.12. The van der Waals surface area contributed by atoms with E-state index in [1.165, 1.54) is 0 Å². The smallest absolute Gasteiger partial charge is 0.241 e. The molecule has 2 aromatic rings. The maximum atomic E-state index is 12.5. The number of hydrogen-bond acceptors (Lipinski definition) is 3. The molecule has 20 heavy (non-hydrogen) atoms. The summed E-state index contributed by atoms with van der Waals surface area (Å²) in [6, 6.07) is 6.86. The number of alkyl halides is 1. The summed E-state index contributed by atoms with van der Waals surface area (Å²) in [6.45, 7) is 3.78. The highest BCUT2D eigenvalue weighted by atomic mass is 79.9. The molecule has 1 heterocycles. The van der Waals surface area contributed by atoms with Gasteiger partial charge in [-0.25, -0.2) is 13.1 Å². The van der Waals surface area contributed by atoms with Gasteiger partial charge in [-0.15, -0.1) is 0 Å². The Morgan fingerprint density at radius 1 is 1.35 bits per heavy atom. The summed E-state index contributed by atoms with van der Waals surface area (Å²) in [4.78, 5) is 4.56. The molecule has 1 aromatic carbocycles. The minimum Gasteiger partial charge on any atom is -0.256 e. The van der Waals surface area contributed by atoms with Crippen LogP contribution in [0, 0.1) is 6.92 Å². The first-order valence-corrected chi connectivity index (χ1v) is 8.99. The highest BCUT2D eigenvalue weighted by Crippen LogP contribution is 2.24. The van der Waals surface area contributed by atoms with Crippen molar-refractivity contribution in [1.82, 2.24) is 9.71 Å². The van der Waals surface area contributed by atoms with Gasteiger partial charge in [0.05, 0.1) is 10.4 Å². The number of halogens is 1. The summed E-state index contributed by atoms with van der Waals surface area (Å²) >= 11 is 3.32. The first-order valence-electron chi connectivity index (χ1n) is 6.38. The SMILES string of the molecule is Cc1ccc(S(=O)(=O)NC(C)CCBr)c2cccnc12. The zero-order chi connectivity index (χ0) is 14.8. The fourth-order valence-corrected chi connectivity index (χ4v) is 4.24. The van der Waals surface area contributed by atoms with Crippen LogP contribution in [-0.2, 0) is 10.0 Å². The van der Waals surface area contributed by atoms with Crippen LogP contribution in [0.2, 0.25) is 0 Å². The molecule has 1 aromatic heterocycles. The predicted octanol–water partition coefficient (Wildman–Crippen LogP) is 3.00. The number of aryl methyl sites for hydroxylation is 1. The van der Waals surface area contributed by atoms with Crippen LogP contribution in [0.3, 0.4) is 0 Å². The molecule has 4 nitrogen and oxygen atoms in total. The number of sulfonamides is 1. The van der Waals surface area contributed by atoms with Gasteiger partial charge in [0, 0.05) is 23.0 Å². The van der Waals surface area contributed by atoms with Crippen molar-refractivity contribution in [1.29, 1.82) is 0 Å². The van der Waals surface area contributed by atoms with E-state index >= 15 is 0 Å². The van der Waals surface area contributed by atoms with E-state index in [1.807, 2.05) is 13.8 Å². The van der Waals surface area contributed by atoms with Crippen LogP contribution >= 0.6 is 15.9 Å². The maximum Gasteiger partial charge on any atom is 0.241 e. The number of fused-ring (bicyclic) bond motifs is 1. The summed E-state index contributed by atoms with van der Waals surface area (Å²) in [5.74, 6) is 0. The molecule has 0 fully saturated rings. The number of aromatic nitrogens is 1. The molecule has 1 atom stereocenters. The third kappa shape index (κ3) is 3.19. The average molecular weight is 357 g/mol. The van der Waals surface area contributed by atoms with Gasteiger partial charge in [0.1, 0.15) is 0 Å². The van der Waals surface area contributed by atoms with Gasteiger partial charge in [-0.2, -0.15) is 0 Å². The molecular weight excluding hydrogens is 340 g/mol. The molecule has 1 unspecified atom stereocenters. The Morgan fingerprint density at radius 2 is 2.10 bits per heavy atom. The van der Waals surface area contributed by atoms with Crippen LogP contribution in [0.4, 0.5) is 0 Å². The first-order chi connectivity index (χ1) is 9.45. The van der Waals surface area contributed by atoms with Crippen LogP contribution in [0.1, 0.15) is 18.9 Å². The molecule has 0 aliphatic carbocycles. The van der Waals surface area contributed by atoms with Crippen molar-refractivity contribution < 1.29 is 8.42 Å². The molecule has 0 aliphatic rings. The fourth-order valence-electron chi connectivity index (χ4n) is 2.07. The molecule has 0 saturated heterocycles. The molecule has 1 N–H and O–H groups in total. The van der Waals surface area contributed by atoms with E-state index in [9.17, 15) is 8.42 Å². The zero-order valence-electron chi connectivity index (χ0n) is 11.4. The number of nitrogens with one attached hydrogen (secondary N) is 1. The predicted molar refractivity (Wildman–Crippen MR) is 84.7 cm³/mol. The molecule has 2 rings (SSSR count). The van der Waals surface area contributed by atoms with Gasteiger partial charge in [0.15, 0.2) is 0 Å². The fraction of sp³-hybridized carbons (Fsp3) is 0.357. The second kappa shape index (κ2) is 6.20. The second-order valence-corrected chi connectivity index (χ2v) is 7.26. The van der Waals surface area contributed by atoms with Gasteiger partial charge >= 0.3 is 0 Å². The summed E-state index contributed by atoms with van der Waals surface area (Å²) in [5, 5.41) is 1.42. The molecular formula is C14H17BrN2O2S. The number of rotatable bonds is 5. The third-order valence-corrected chi connectivity index (χ3v) is 5.22. The van der Waals surface area contributed by atoms with Crippen molar-refractivity contribution in [2.75, 3.05) is 5.33 Å². The van der Waals surface area contributed by atoms with Gasteiger partial charge in [-0.1, -0.05) is 22.0 Å². The van der Waals surface area contributed by atoms with Crippen LogP contribution in [0.25, 0.3) is 10.9 Å². The minimum absolute atomic E-state index is 0.118. The van der Waals surface area contributed by atoms with Gasteiger partial charge < -0.3 is 0 Å². The standard InChI is InChI=1S/C14H17BrN2O2S/c1-10-5-6-13(12-4-3-9-16-14(10)12)20(18,19)17-11(2)7-8-15/h3-6,9,11,17H,7-8H2,1-2H3. The lowest BCUT2D eigenvalue weighted by Crippen LogP contribution is -2.33. The summed E-state index contributed by atoms with van der Waals surface area (Å²) in [7, 11) is -3.54. The minimum atomic E-state index is -3.54. The van der Waals surface area contributed by atoms with Crippen molar-refractivity contribution in [3.05, 3.63) is 36.0 Å². The highest BCUT2D eigenvalue weighted by Gasteiger charge is 2.20. The zero-order valence-corrected chi connectivity index (χ0v) is 13.8. The van der Waals surface area contributed by atoms with Crippen molar-refractivity contribution in [2.24, 2.45) is 0 Å². The molecule has 0 spiro atoms. The average Bonchev–Trinajstić information content (AvgIpc) is 2.38. The van der Waals surface area contributed by atoms with Crippen LogP contribution in [-0.4, -0.2) is 24.8 Å².